The molecule has 0 radical (unpaired) electrons. The normalized spacial score (nSPS) is 11.9. The summed E-state index contributed by atoms with van der Waals surface area (Å²) in [5.74, 6) is 0. The fourth-order valence-electron chi connectivity index (χ4n) is 1.61. The maximum absolute atomic E-state index is 10.9. The lowest BCUT2D eigenvalue weighted by molar-refractivity contribution is -0.385. The first-order valence-electron chi connectivity index (χ1n) is 6.30. The van der Waals surface area contributed by atoms with Crippen molar-refractivity contribution < 1.29 is 4.92 Å². The van der Waals surface area contributed by atoms with Gasteiger partial charge in [-0.15, -0.1) is 0 Å². The van der Waals surface area contributed by atoms with Crippen LogP contribution in [0.2, 0.25) is 0 Å². The summed E-state index contributed by atoms with van der Waals surface area (Å²) in [6.07, 6.45) is 2.93. The van der Waals surface area contributed by atoms with E-state index in [1.807, 2.05) is 12.1 Å². The third kappa shape index (κ3) is 5.12. The summed E-state index contributed by atoms with van der Waals surface area (Å²) in [6, 6.07) is 5.61. The van der Waals surface area contributed by atoms with Crippen molar-refractivity contribution in [1.82, 2.24) is 5.32 Å². The van der Waals surface area contributed by atoms with Crippen molar-refractivity contribution in [1.29, 1.82) is 0 Å². The molecule has 0 bridgehead atoms. The Labute approximate surface area is 122 Å². The van der Waals surface area contributed by atoms with Crippen LogP contribution in [0.15, 0.2) is 28.2 Å². The van der Waals surface area contributed by atoms with E-state index in [9.17, 15) is 10.1 Å². The van der Waals surface area contributed by atoms with Gasteiger partial charge in [-0.05, 0) is 34.0 Å². The topological polar surface area (TPSA) is 55.2 Å². The van der Waals surface area contributed by atoms with Gasteiger partial charge in [0.15, 0.2) is 0 Å². The van der Waals surface area contributed by atoms with Crippen LogP contribution < -0.4 is 5.32 Å². The molecule has 0 fully saturated rings. The van der Waals surface area contributed by atoms with Crippen LogP contribution in [0.25, 0.3) is 6.08 Å². The summed E-state index contributed by atoms with van der Waals surface area (Å²) in [7, 11) is 0. The molecule has 104 valence electrons. The van der Waals surface area contributed by atoms with E-state index in [2.05, 4.69) is 42.0 Å². The quantitative estimate of drug-likeness (QED) is 0.631. The molecule has 0 atom stereocenters. The van der Waals surface area contributed by atoms with E-state index in [0.717, 1.165) is 18.5 Å². The Morgan fingerprint density at radius 3 is 2.74 bits per heavy atom. The molecule has 4 nitrogen and oxygen atoms in total. The van der Waals surface area contributed by atoms with Crippen LogP contribution in [0.4, 0.5) is 5.69 Å². The number of benzene rings is 1. The number of rotatable bonds is 6. The molecule has 0 amide bonds. The molecule has 1 rings (SSSR count). The van der Waals surface area contributed by atoms with Crippen LogP contribution in [0, 0.1) is 10.1 Å². The van der Waals surface area contributed by atoms with Gasteiger partial charge in [0.2, 0.25) is 0 Å². The summed E-state index contributed by atoms with van der Waals surface area (Å²) in [5.41, 5.74) is 2.18. The predicted octanol–water partition coefficient (Wildman–Crippen LogP) is 4.15. The van der Waals surface area contributed by atoms with Gasteiger partial charge < -0.3 is 5.32 Å². The smallest absolute Gasteiger partial charge is 0.284 e. The molecular weight excluding hydrogens is 308 g/mol. The van der Waals surface area contributed by atoms with Gasteiger partial charge in [-0.25, -0.2) is 0 Å². The van der Waals surface area contributed by atoms with Crippen molar-refractivity contribution in [3.63, 3.8) is 0 Å². The van der Waals surface area contributed by atoms with Gasteiger partial charge >= 0.3 is 0 Å². The second-order valence-corrected chi connectivity index (χ2v) is 5.51. The van der Waals surface area contributed by atoms with Gasteiger partial charge in [-0.3, -0.25) is 10.1 Å². The molecule has 0 aliphatic carbocycles. The molecule has 0 heterocycles. The fraction of sp³-hybridized carbons (Fsp3) is 0.429. The lowest BCUT2D eigenvalue weighted by Gasteiger charge is -2.10. The molecule has 1 aromatic carbocycles. The average Bonchev–Trinajstić information content (AvgIpc) is 2.35. The average molecular weight is 327 g/mol. The van der Waals surface area contributed by atoms with Crippen LogP contribution in [0.3, 0.4) is 0 Å². The molecule has 5 heteroatoms. The number of nitro groups is 1. The molecule has 1 aromatic rings. The highest BCUT2D eigenvalue weighted by Crippen LogP contribution is 2.26. The molecule has 0 saturated heterocycles. The number of hydrogen-bond donors (Lipinski definition) is 1. The maximum atomic E-state index is 10.9. The Hall–Kier alpha value is -1.20. The van der Waals surface area contributed by atoms with E-state index in [4.69, 9.17) is 0 Å². The zero-order valence-electron chi connectivity index (χ0n) is 11.4. The zero-order chi connectivity index (χ0) is 14.4. The van der Waals surface area contributed by atoms with Crippen LogP contribution in [0.1, 0.15) is 32.8 Å². The number of nitrogens with zero attached hydrogens (tertiary/aromatic N) is 1. The summed E-state index contributed by atoms with van der Waals surface area (Å²) < 4.78 is 0.507. The van der Waals surface area contributed by atoms with Crippen molar-refractivity contribution in [2.45, 2.75) is 33.2 Å². The second kappa shape index (κ2) is 7.40. The molecule has 19 heavy (non-hydrogen) atoms. The van der Waals surface area contributed by atoms with E-state index in [-0.39, 0.29) is 10.6 Å². The third-order valence-corrected chi connectivity index (χ3v) is 3.40. The Balaban J connectivity index is 2.95. The summed E-state index contributed by atoms with van der Waals surface area (Å²) in [6.45, 7) is 7.08. The van der Waals surface area contributed by atoms with Crippen molar-refractivity contribution in [2.75, 3.05) is 6.54 Å². The minimum Gasteiger partial charge on any atom is -0.311 e. The molecule has 0 aliphatic rings. The molecule has 0 saturated carbocycles. The summed E-state index contributed by atoms with van der Waals surface area (Å²) >= 11 is 3.19. The Kier molecular flexibility index (Phi) is 6.18. The first-order chi connectivity index (χ1) is 8.93. The van der Waals surface area contributed by atoms with Crippen molar-refractivity contribution in [3.8, 4) is 0 Å². The van der Waals surface area contributed by atoms with Gasteiger partial charge in [-0.2, -0.15) is 0 Å². The lowest BCUT2D eigenvalue weighted by Crippen LogP contribution is -2.24. The number of nitro benzene ring substituents is 1. The van der Waals surface area contributed by atoms with E-state index >= 15 is 0 Å². The second-order valence-electron chi connectivity index (χ2n) is 4.66. The Morgan fingerprint density at radius 2 is 2.21 bits per heavy atom. The monoisotopic (exact) mass is 326 g/mol. The van der Waals surface area contributed by atoms with Crippen LogP contribution in [-0.4, -0.2) is 17.5 Å². The highest BCUT2D eigenvalue weighted by atomic mass is 79.9. The van der Waals surface area contributed by atoms with Crippen molar-refractivity contribution in [2.24, 2.45) is 0 Å². The molecule has 0 aliphatic heterocycles. The Bertz CT molecular complexity index is 484. The van der Waals surface area contributed by atoms with Gasteiger partial charge in [0, 0.05) is 18.7 Å². The highest BCUT2D eigenvalue weighted by molar-refractivity contribution is 9.10. The Morgan fingerprint density at radius 1 is 1.53 bits per heavy atom. The standard InChI is InChI=1S/C14H19BrN2O2/c1-4-11(9-16-10(2)3)7-12-5-6-13(15)14(8-12)17(18)19/h5-8,10,16H,4,9H2,1-3H3. The van der Waals surface area contributed by atoms with E-state index < -0.39 is 0 Å². The zero-order valence-corrected chi connectivity index (χ0v) is 13.0. The van der Waals surface area contributed by atoms with Gasteiger partial charge in [-0.1, -0.05) is 38.5 Å². The van der Waals surface area contributed by atoms with E-state index in [0.29, 0.717) is 10.5 Å². The number of hydrogen-bond acceptors (Lipinski definition) is 3. The summed E-state index contributed by atoms with van der Waals surface area (Å²) in [5, 5.41) is 14.2. The molecule has 0 unspecified atom stereocenters. The third-order valence-electron chi connectivity index (χ3n) is 2.73. The van der Waals surface area contributed by atoms with Crippen molar-refractivity contribution in [3.05, 3.63) is 43.9 Å². The fourth-order valence-corrected chi connectivity index (χ4v) is 2.00. The molecule has 1 N–H and O–H groups in total. The summed E-state index contributed by atoms with van der Waals surface area (Å²) in [4.78, 5) is 10.5. The number of nitrogens with one attached hydrogen (secondary N) is 1. The van der Waals surface area contributed by atoms with E-state index in [1.165, 1.54) is 5.57 Å². The van der Waals surface area contributed by atoms with Crippen LogP contribution >= 0.6 is 15.9 Å². The molecule has 0 spiro atoms. The van der Waals surface area contributed by atoms with Gasteiger partial charge in [0.05, 0.1) is 9.40 Å². The van der Waals surface area contributed by atoms with Crippen LogP contribution in [-0.2, 0) is 0 Å². The lowest BCUT2D eigenvalue weighted by atomic mass is 10.1. The highest BCUT2D eigenvalue weighted by Gasteiger charge is 2.11. The molecular formula is C14H19BrN2O2. The first-order valence-corrected chi connectivity index (χ1v) is 7.10. The maximum Gasteiger partial charge on any atom is 0.284 e. The minimum absolute atomic E-state index is 0.0982. The number of halogens is 1. The van der Waals surface area contributed by atoms with Crippen LogP contribution in [0.5, 0.6) is 0 Å². The largest absolute Gasteiger partial charge is 0.311 e. The van der Waals surface area contributed by atoms with Gasteiger partial charge in [0.25, 0.3) is 5.69 Å². The van der Waals surface area contributed by atoms with E-state index in [1.54, 1.807) is 12.1 Å². The minimum atomic E-state index is -0.376. The SMILES string of the molecule is CCC(=Cc1ccc(Br)c([N+](=O)[O-])c1)CNC(C)C. The molecule has 0 aromatic heterocycles. The first kappa shape index (κ1) is 15.9. The van der Waals surface area contributed by atoms with Gasteiger partial charge in [0.1, 0.15) is 0 Å². The predicted molar refractivity (Wildman–Crippen MR) is 82.2 cm³/mol. The van der Waals surface area contributed by atoms with Crippen molar-refractivity contribution >= 4 is 27.7 Å².